The maximum atomic E-state index is 11.4. The molecule has 1 rings (SSSR count). The summed E-state index contributed by atoms with van der Waals surface area (Å²) in [6.07, 6.45) is 3.61. The number of anilines is 1. The van der Waals surface area contributed by atoms with Crippen LogP contribution in [0, 0.1) is 0 Å². The molecule has 0 saturated carbocycles. The van der Waals surface area contributed by atoms with Gasteiger partial charge in [-0.2, -0.15) is 0 Å². The van der Waals surface area contributed by atoms with Crippen molar-refractivity contribution in [3.63, 3.8) is 0 Å². The molecule has 0 aromatic heterocycles. The molecule has 0 aliphatic carbocycles. The van der Waals surface area contributed by atoms with Crippen molar-refractivity contribution in [1.29, 1.82) is 0 Å². The normalized spacial score (nSPS) is 10.4. The molecule has 0 saturated heterocycles. The number of amides is 1. The van der Waals surface area contributed by atoms with Crippen LogP contribution in [0.2, 0.25) is 0 Å². The zero-order valence-corrected chi connectivity index (χ0v) is 9.49. The summed E-state index contributed by atoms with van der Waals surface area (Å²) in [4.78, 5) is 22.6. The number of carbonyl (C=O) groups is 2. The van der Waals surface area contributed by atoms with Gasteiger partial charge in [0.25, 0.3) is 0 Å². The minimum absolute atomic E-state index is 0.103. The minimum Gasteiger partial charge on any atom is -0.323 e. The molecule has 0 bridgehead atoms. The summed E-state index contributed by atoms with van der Waals surface area (Å²) in [5.74, 6) is -0.0663. The Kier molecular flexibility index (Phi) is 4.45. The van der Waals surface area contributed by atoms with E-state index >= 15 is 0 Å². The number of hydrogen-bond donors (Lipinski definition) is 1. The zero-order chi connectivity index (χ0) is 12.0. The topological polar surface area (TPSA) is 46.2 Å². The molecule has 0 spiro atoms. The van der Waals surface area contributed by atoms with Crippen molar-refractivity contribution >= 4 is 17.4 Å². The summed E-state index contributed by atoms with van der Waals surface area (Å²) >= 11 is 0. The lowest BCUT2D eigenvalue weighted by Crippen LogP contribution is -2.07. The van der Waals surface area contributed by atoms with Gasteiger partial charge in [0.15, 0.2) is 5.78 Å². The van der Waals surface area contributed by atoms with Crippen LogP contribution in [-0.2, 0) is 4.79 Å². The molecule has 0 aliphatic rings. The first-order valence-electron chi connectivity index (χ1n) is 5.24. The fourth-order valence-electron chi connectivity index (χ4n) is 1.28. The van der Waals surface area contributed by atoms with Crippen LogP contribution in [0.5, 0.6) is 0 Å². The Labute approximate surface area is 95.2 Å². The van der Waals surface area contributed by atoms with Gasteiger partial charge in [-0.15, -0.1) is 0 Å². The van der Waals surface area contributed by atoms with Gasteiger partial charge < -0.3 is 5.32 Å². The van der Waals surface area contributed by atoms with Crippen molar-refractivity contribution in [2.45, 2.75) is 20.3 Å². The number of ketones is 1. The Morgan fingerprint density at radius 2 is 1.88 bits per heavy atom. The van der Waals surface area contributed by atoms with Crippen molar-refractivity contribution in [2.24, 2.45) is 0 Å². The van der Waals surface area contributed by atoms with Crippen molar-refractivity contribution in [3.05, 3.63) is 42.0 Å². The molecule has 0 atom stereocenters. The third kappa shape index (κ3) is 3.35. The first-order valence-corrected chi connectivity index (χ1v) is 5.24. The second kappa shape index (κ2) is 5.85. The standard InChI is InChI=1S/C13H15NO2/c1-3-5-13(16)14-11-8-6-10(7-9-11)12(15)4-2/h3,5-9H,4H2,1-2H3,(H,14,16)/b5-3+. The van der Waals surface area contributed by atoms with Gasteiger partial charge >= 0.3 is 0 Å². The second-order valence-corrected chi connectivity index (χ2v) is 3.34. The van der Waals surface area contributed by atoms with Gasteiger partial charge in [-0.3, -0.25) is 9.59 Å². The summed E-state index contributed by atoms with van der Waals surface area (Å²) in [6.45, 7) is 3.60. The predicted octanol–water partition coefficient (Wildman–Crippen LogP) is 2.79. The number of hydrogen-bond acceptors (Lipinski definition) is 2. The number of nitrogens with one attached hydrogen (secondary N) is 1. The molecule has 0 aliphatic heterocycles. The van der Waals surface area contributed by atoms with Crippen LogP contribution in [0.1, 0.15) is 30.6 Å². The molecule has 3 heteroatoms. The van der Waals surface area contributed by atoms with E-state index in [2.05, 4.69) is 5.32 Å². The lowest BCUT2D eigenvalue weighted by atomic mass is 10.1. The highest BCUT2D eigenvalue weighted by Gasteiger charge is 2.03. The Balaban J connectivity index is 2.72. The van der Waals surface area contributed by atoms with Gasteiger partial charge in [0.2, 0.25) is 5.91 Å². The third-order valence-electron chi connectivity index (χ3n) is 2.11. The molecule has 0 radical (unpaired) electrons. The molecule has 1 aromatic carbocycles. The maximum absolute atomic E-state index is 11.4. The van der Waals surface area contributed by atoms with Gasteiger partial charge in [0, 0.05) is 17.7 Å². The van der Waals surface area contributed by atoms with E-state index in [1.54, 1.807) is 37.3 Å². The lowest BCUT2D eigenvalue weighted by Gasteiger charge is -2.03. The Hall–Kier alpha value is -1.90. The van der Waals surface area contributed by atoms with Crippen LogP contribution < -0.4 is 5.32 Å². The number of allylic oxidation sites excluding steroid dienone is 1. The van der Waals surface area contributed by atoms with Crippen molar-refractivity contribution in [3.8, 4) is 0 Å². The first-order chi connectivity index (χ1) is 7.67. The van der Waals surface area contributed by atoms with E-state index < -0.39 is 0 Å². The highest BCUT2D eigenvalue weighted by Crippen LogP contribution is 2.11. The molecule has 1 amide bonds. The molecule has 1 N–H and O–H groups in total. The van der Waals surface area contributed by atoms with E-state index in [4.69, 9.17) is 0 Å². The van der Waals surface area contributed by atoms with Gasteiger partial charge in [0.05, 0.1) is 0 Å². The minimum atomic E-state index is -0.169. The summed E-state index contributed by atoms with van der Waals surface area (Å²) in [6, 6.07) is 6.89. The highest BCUT2D eigenvalue weighted by atomic mass is 16.1. The van der Waals surface area contributed by atoms with Crippen LogP contribution in [-0.4, -0.2) is 11.7 Å². The lowest BCUT2D eigenvalue weighted by molar-refractivity contribution is -0.111. The van der Waals surface area contributed by atoms with Gasteiger partial charge in [-0.25, -0.2) is 0 Å². The van der Waals surface area contributed by atoms with Crippen molar-refractivity contribution in [2.75, 3.05) is 5.32 Å². The molecule has 0 heterocycles. The van der Waals surface area contributed by atoms with Crippen LogP contribution in [0.25, 0.3) is 0 Å². The Bertz CT molecular complexity index is 404. The summed E-state index contributed by atoms with van der Waals surface area (Å²) in [7, 11) is 0. The smallest absolute Gasteiger partial charge is 0.248 e. The zero-order valence-electron chi connectivity index (χ0n) is 9.49. The average molecular weight is 217 g/mol. The highest BCUT2D eigenvalue weighted by molar-refractivity contribution is 6.00. The van der Waals surface area contributed by atoms with E-state index in [-0.39, 0.29) is 11.7 Å². The SMILES string of the molecule is C/C=C/C(=O)Nc1ccc(C(=O)CC)cc1. The quantitative estimate of drug-likeness (QED) is 0.622. The van der Waals surface area contributed by atoms with Gasteiger partial charge in [-0.1, -0.05) is 13.0 Å². The van der Waals surface area contributed by atoms with Crippen LogP contribution in [0.3, 0.4) is 0 Å². The predicted molar refractivity (Wildman–Crippen MR) is 64.5 cm³/mol. The van der Waals surface area contributed by atoms with Crippen LogP contribution >= 0.6 is 0 Å². The molecular formula is C13H15NO2. The second-order valence-electron chi connectivity index (χ2n) is 3.34. The largest absolute Gasteiger partial charge is 0.323 e. The average Bonchev–Trinajstić information content (AvgIpc) is 2.29. The third-order valence-corrected chi connectivity index (χ3v) is 2.11. The van der Waals surface area contributed by atoms with Gasteiger partial charge in [0.1, 0.15) is 0 Å². The Morgan fingerprint density at radius 1 is 1.25 bits per heavy atom. The molecule has 16 heavy (non-hydrogen) atoms. The molecule has 0 fully saturated rings. The van der Waals surface area contributed by atoms with Crippen molar-refractivity contribution in [1.82, 2.24) is 0 Å². The van der Waals surface area contributed by atoms with E-state index in [1.807, 2.05) is 6.92 Å². The fourth-order valence-corrected chi connectivity index (χ4v) is 1.28. The molecular weight excluding hydrogens is 202 g/mol. The van der Waals surface area contributed by atoms with Crippen LogP contribution in [0.4, 0.5) is 5.69 Å². The van der Waals surface area contributed by atoms with E-state index in [0.717, 1.165) is 0 Å². The monoisotopic (exact) mass is 217 g/mol. The number of carbonyl (C=O) groups excluding carboxylic acids is 2. The Morgan fingerprint density at radius 3 is 2.38 bits per heavy atom. The van der Waals surface area contributed by atoms with E-state index in [1.165, 1.54) is 6.08 Å². The summed E-state index contributed by atoms with van der Waals surface area (Å²) < 4.78 is 0. The van der Waals surface area contributed by atoms with Crippen molar-refractivity contribution < 1.29 is 9.59 Å². The molecule has 1 aromatic rings. The first kappa shape index (κ1) is 12.2. The van der Waals surface area contributed by atoms with E-state index in [9.17, 15) is 9.59 Å². The maximum Gasteiger partial charge on any atom is 0.248 e. The van der Waals surface area contributed by atoms with Gasteiger partial charge in [-0.05, 0) is 37.3 Å². The van der Waals surface area contributed by atoms with E-state index in [0.29, 0.717) is 17.7 Å². The fraction of sp³-hybridized carbons (Fsp3) is 0.231. The molecule has 84 valence electrons. The number of Topliss-reactive ketones (excluding diaryl/α,β-unsaturated/α-hetero) is 1. The molecule has 3 nitrogen and oxygen atoms in total. The molecule has 0 unspecified atom stereocenters. The van der Waals surface area contributed by atoms with Crippen LogP contribution in [0.15, 0.2) is 36.4 Å². The number of benzene rings is 1. The number of rotatable bonds is 4. The summed E-state index contributed by atoms with van der Waals surface area (Å²) in [5.41, 5.74) is 1.36. The summed E-state index contributed by atoms with van der Waals surface area (Å²) in [5, 5.41) is 2.69.